The Labute approximate surface area is 151 Å². The number of carbonyl (C=O) groups excluding carboxylic acids is 2. The lowest BCUT2D eigenvalue weighted by Gasteiger charge is -2.21. The first-order valence-corrected chi connectivity index (χ1v) is 10.0. The number of carbonyl (C=O) groups is 2. The van der Waals surface area contributed by atoms with Crippen molar-refractivity contribution in [2.45, 2.75) is 31.0 Å². The number of sulfonamides is 1. The van der Waals surface area contributed by atoms with E-state index >= 15 is 0 Å². The number of nitrogens with one attached hydrogen (secondary N) is 2. The second kappa shape index (κ2) is 7.90. The molecule has 8 heteroatoms. The first kappa shape index (κ1) is 19.3. The summed E-state index contributed by atoms with van der Waals surface area (Å²) in [6, 6.07) is 8.65. The van der Waals surface area contributed by atoms with Crippen LogP contribution in [0.2, 0.25) is 0 Å². The van der Waals surface area contributed by atoms with Gasteiger partial charge in [-0.25, -0.2) is 8.42 Å². The summed E-state index contributed by atoms with van der Waals surface area (Å²) in [5.41, 5.74) is 1.03. The molecule has 0 saturated carbocycles. The number of Topliss-reactive ketones (excluding diaryl/α,β-unsaturated/α-hetero) is 1. The van der Waals surface area contributed by atoms with Crippen molar-refractivity contribution >= 4 is 38.7 Å². The number of hydrogen-bond donors (Lipinski definition) is 2. The molecule has 1 atom stereocenters. The maximum absolute atomic E-state index is 12.5. The van der Waals surface area contributed by atoms with Crippen LogP contribution in [-0.4, -0.2) is 26.2 Å². The second-order valence-electron chi connectivity index (χ2n) is 5.90. The number of amides is 1. The maximum Gasteiger partial charge on any atom is 0.250 e. The number of ketones is 1. The molecular weight excluding hydrogens is 360 g/mol. The topological polar surface area (TPSA) is 92.3 Å². The average molecular weight is 380 g/mol. The van der Waals surface area contributed by atoms with Gasteiger partial charge in [-0.1, -0.05) is 19.9 Å². The Morgan fingerprint density at radius 3 is 2.20 bits per heavy atom. The van der Waals surface area contributed by atoms with Crippen LogP contribution in [0.3, 0.4) is 0 Å². The molecule has 1 aromatic carbocycles. The highest BCUT2D eigenvalue weighted by Crippen LogP contribution is 2.18. The van der Waals surface area contributed by atoms with E-state index in [-0.39, 0.29) is 15.9 Å². The van der Waals surface area contributed by atoms with Gasteiger partial charge < -0.3 is 5.32 Å². The van der Waals surface area contributed by atoms with Crippen molar-refractivity contribution in [3.05, 3.63) is 47.3 Å². The first-order valence-electron chi connectivity index (χ1n) is 7.68. The number of thiophene rings is 1. The lowest BCUT2D eigenvalue weighted by molar-refractivity contribution is -0.118. The van der Waals surface area contributed by atoms with Gasteiger partial charge in [-0.05, 0) is 48.6 Å². The molecule has 2 N–H and O–H groups in total. The van der Waals surface area contributed by atoms with E-state index in [1.807, 2.05) is 0 Å². The Kier molecular flexibility index (Phi) is 6.10. The van der Waals surface area contributed by atoms with Gasteiger partial charge in [0, 0.05) is 11.3 Å². The third kappa shape index (κ3) is 4.97. The highest BCUT2D eigenvalue weighted by molar-refractivity contribution is 7.91. The largest absolute Gasteiger partial charge is 0.325 e. The zero-order valence-corrected chi connectivity index (χ0v) is 15.8. The SMILES string of the molecule is CC(=O)c1ccc(NC(=O)[C@H](NS(=O)(=O)c2cccs2)C(C)C)cc1. The van der Waals surface area contributed by atoms with Crippen LogP contribution >= 0.6 is 11.3 Å². The van der Waals surface area contributed by atoms with Crippen molar-refractivity contribution in [3.8, 4) is 0 Å². The van der Waals surface area contributed by atoms with Crippen LogP contribution in [0.4, 0.5) is 5.69 Å². The van der Waals surface area contributed by atoms with Crippen molar-refractivity contribution in [1.29, 1.82) is 0 Å². The molecule has 1 heterocycles. The zero-order valence-electron chi connectivity index (χ0n) is 14.1. The summed E-state index contributed by atoms with van der Waals surface area (Å²) in [5.74, 6) is -0.765. The quantitative estimate of drug-likeness (QED) is 0.723. The van der Waals surface area contributed by atoms with Gasteiger partial charge in [0.1, 0.15) is 10.3 Å². The van der Waals surface area contributed by atoms with Crippen LogP contribution in [0, 0.1) is 5.92 Å². The fourth-order valence-electron chi connectivity index (χ4n) is 2.14. The number of hydrogen-bond acceptors (Lipinski definition) is 5. The van der Waals surface area contributed by atoms with E-state index in [0.29, 0.717) is 11.3 Å². The minimum absolute atomic E-state index is 0.0679. The second-order valence-corrected chi connectivity index (χ2v) is 8.79. The molecule has 2 rings (SSSR count). The van der Waals surface area contributed by atoms with Gasteiger partial charge in [0.15, 0.2) is 5.78 Å². The third-order valence-electron chi connectivity index (χ3n) is 3.55. The summed E-state index contributed by atoms with van der Waals surface area (Å²) in [5, 5.41) is 4.35. The van der Waals surface area contributed by atoms with Crippen LogP contribution in [0.1, 0.15) is 31.1 Å². The number of anilines is 1. The van der Waals surface area contributed by atoms with Crippen molar-refractivity contribution in [3.63, 3.8) is 0 Å². The van der Waals surface area contributed by atoms with Crippen molar-refractivity contribution < 1.29 is 18.0 Å². The molecule has 2 aromatic rings. The van der Waals surface area contributed by atoms with Crippen LogP contribution in [0.25, 0.3) is 0 Å². The van der Waals surface area contributed by atoms with Gasteiger partial charge in [-0.3, -0.25) is 9.59 Å². The van der Waals surface area contributed by atoms with E-state index in [0.717, 1.165) is 11.3 Å². The lowest BCUT2D eigenvalue weighted by Crippen LogP contribution is -2.46. The summed E-state index contributed by atoms with van der Waals surface area (Å²) in [6.07, 6.45) is 0. The van der Waals surface area contributed by atoms with E-state index in [1.165, 1.54) is 13.0 Å². The number of benzene rings is 1. The Balaban J connectivity index is 2.14. The molecule has 0 aliphatic heterocycles. The van der Waals surface area contributed by atoms with E-state index in [1.54, 1.807) is 49.6 Å². The molecule has 0 radical (unpaired) electrons. The Bertz CT molecular complexity index is 841. The third-order valence-corrected chi connectivity index (χ3v) is 6.39. The van der Waals surface area contributed by atoms with Crippen LogP contribution in [0.15, 0.2) is 46.0 Å². The van der Waals surface area contributed by atoms with Gasteiger partial charge in [-0.15, -0.1) is 11.3 Å². The van der Waals surface area contributed by atoms with Crippen LogP contribution < -0.4 is 10.0 Å². The Morgan fingerprint density at radius 2 is 1.72 bits per heavy atom. The molecule has 0 saturated heterocycles. The average Bonchev–Trinajstić information content (AvgIpc) is 3.08. The molecule has 0 spiro atoms. The van der Waals surface area contributed by atoms with E-state index < -0.39 is 22.0 Å². The molecule has 0 aliphatic rings. The fourth-order valence-corrected chi connectivity index (χ4v) is 4.50. The van der Waals surface area contributed by atoms with E-state index in [2.05, 4.69) is 10.0 Å². The van der Waals surface area contributed by atoms with Gasteiger partial charge in [0.25, 0.3) is 10.0 Å². The summed E-state index contributed by atoms with van der Waals surface area (Å²) >= 11 is 1.09. The zero-order chi connectivity index (χ0) is 18.6. The van der Waals surface area contributed by atoms with Crippen molar-refractivity contribution in [1.82, 2.24) is 4.72 Å². The highest BCUT2D eigenvalue weighted by atomic mass is 32.2. The molecule has 25 heavy (non-hydrogen) atoms. The maximum atomic E-state index is 12.5. The smallest absolute Gasteiger partial charge is 0.250 e. The predicted molar refractivity (Wildman–Crippen MR) is 98.3 cm³/mol. The molecule has 1 aromatic heterocycles. The minimum Gasteiger partial charge on any atom is -0.325 e. The first-order chi connectivity index (χ1) is 11.7. The molecule has 6 nitrogen and oxygen atoms in total. The normalized spacial score (nSPS) is 12.8. The van der Waals surface area contributed by atoms with Crippen molar-refractivity contribution in [2.24, 2.45) is 5.92 Å². The summed E-state index contributed by atoms with van der Waals surface area (Å²) in [7, 11) is -3.75. The van der Waals surface area contributed by atoms with Crippen molar-refractivity contribution in [2.75, 3.05) is 5.32 Å². The van der Waals surface area contributed by atoms with Gasteiger partial charge >= 0.3 is 0 Å². The van der Waals surface area contributed by atoms with Gasteiger partial charge in [0.2, 0.25) is 5.91 Å². The van der Waals surface area contributed by atoms with E-state index in [4.69, 9.17) is 0 Å². The van der Waals surface area contributed by atoms with Crippen LogP contribution in [0.5, 0.6) is 0 Å². The van der Waals surface area contributed by atoms with E-state index in [9.17, 15) is 18.0 Å². The Hall–Kier alpha value is -2.03. The number of rotatable bonds is 7. The standard InChI is InChI=1S/C17H20N2O4S2/c1-11(2)16(19-25(22,23)15-5-4-10-24-15)17(21)18-14-8-6-13(7-9-14)12(3)20/h4-11,16,19H,1-3H3,(H,18,21)/t16-/m1/s1. The molecule has 0 bridgehead atoms. The predicted octanol–water partition coefficient (Wildman–Crippen LogP) is 2.89. The molecule has 0 unspecified atom stereocenters. The lowest BCUT2D eigenvalue weighted by atomic mass is 10.0. The van der Waals surface area contributed by atoms with Gasteiger partial charge in [-0.2, -0.15) is 4.72 Å². The summed E-state index contributed by atoms with van der Waals surface area (Å²) in [6.45, 7) is 4.99. The molecule has 1 amide bonds. The fraction of sp³-hybridized carbons (Fsp3) is 0.294. The Morgan fingerprint density at radius 1 is 1.08 bits per heavy atom. The molecular formula is C17H20N2O4S2. The molecule has 0 aliphatic carbocycles. The molecule has 134 valence electrons. The summed E-state index contributed by atoms with van der Waals surface area (Å²) < 4.78 is 27.4. The highest BCUT2D eigenvalue weighted by Gasteiger charge is 2.28. The van der Waals surface area contributed by atoms with Crippen LogP contribution in [-0.2, 0) is 14.8 Å². The minimum atomic E-state index is -3.75. The van der Waals surface area contributed by atoms with Gasteiger partial charge in [0.05, 0.1) is 0 Å². The monoisotopic (exact) mass is 380 g/mol. The summed E-state index contributed by atoms with van der Waals surface area (Å²) in [4.78, 5) is 23.8. The molecule has 0 fully saturated rings.